The number of nitrogens with one attached hydrogen (secondary N) is 1. The van der Waals surface area contributed by atoms with Crippen molar-refractivity contribution in [2.75, 3.05) is 19.2 Å². The molecule has 2 aromatic carbocycles. The number of methoxy groups -OCH3 is 1. The fraction of sp³-hybridized carbons (Fsp3) is 0.278. The van der Waals surface area contributed by atoms with Gasteiger partial charge in [-0.1, -0.05) is 23.3 Å². The van der Waals surface area contributed by atoms with Crippen LogP contribution < -0.4 is 19.5 Å². The summed E-state index contributed by atoms with van der Waals surface area (Å²) in [7, 11) is 1.66. The Bertz CT molecular complexity index is 940. The quantitative estimate of drug-likeness (QED) is 0.776. The lowest BCUT2D eigenvalue weighted by Gasteiger charge is -2.31. The Balaban J connectivity index is 1.50. The molecule has 5 rings (SSSR count). The highest BCUT2D eigenvalue weighted by atomic mass is 16.7. The molecule has 2 aliphatic heterocycles. The third-order valence-electron chi connectivity index (χ3n) is 4.85. The van der Waals surface area contributed by atoms with Gasteiger partial charge in [0, 0.05) is 0 Å². The summed E-state index contributed by atoms with van der Waals surface area (Å²) in [6.45, 7) is 0.260. The first-order valence-corrected chi connectivity index (χ1v) is 8.40. The van der Waals surface area contributed by atoms with Crippen LogP contribution in [0.3, 0.4) is 0 Å². The van der Waals surface area contributed by atoms with Crippen molar-refractivity contribution in [1.82, 2.24) is 20.2 Å². The zero-order chi connectivity index (χ0) is 17.5. The van der Waals surface area contributed by atoms with Crippen LogP contribution in [0.5, 0.6) is 17.2 Å². The minimum atomic E-state index is 0.00264. The fourth-order valence-electron chi connectivity index (χ4n) is 3.49. The van der Waals surface area contributed by atoms with Crippen molar-refractivity contribution in [2.45, 2.75) is 18.5 Å². The SMILES string of the molecule is COc1ccc([C@H]2C[C@@H](c3ccc4c(c3)OCO4)n3nnnc3N2)cc1. The van der Waals surface area contributed by atoms with E-state index in [9.17, 15) is 0 Å². The average molecular weight is 351 g/mol. The molecule has 132 valence electrons. The molecule has 0 spiro atoms. The number of anilines is 1. The van der Waals surface area contributed by atoms with Crippen LogP contribution in [0.1, 0.15) is 29.6 Å². The summed E-state index contributed by atoms with van der Waals surface area (Å²) in [6, 6.07) is 14.1. The average Bonchev–Trinajstić information content (AvgIpc) is 3.35. The Labute approximate surface area is 149 Å². The van der Waals surface area contributed by atoms with Crippen LogP contribution in [0.25, 0.3) is 0 Å². The van der Waals surface area contributed by atoms with E-state index in [1.807, 2.05) is 35.0 Å². The molecule has 0 fully saturated rings. The zero-order valence-corrected chi connectivity index (χ0v) is 14.1. The summed E-state index contributed by atoms with van der Waals surface area (Å²) in [5, 5.41) is 15.5. The Morgan fingerprint density at radius 3 is 2.73 bits per heavy atom. The lowest BCUT2D eigenvalue weighted by Crippen LogP contribution is -2.28. The molecule has 0 bridgehead atoms. The number of nitrogens with zero attached hydrogens (tertiary/aromatic N) is 4. The fourth-order valence-corrected chi connectivity index (χ4v) is 3.49. The summed E-state index contributed by atoms with van der Waals surface area (Å²) in [4.78, 5) is 0. The van der Waals surface area contributed by atoms with E-state index in [0.717, 1.165) is 34.8 Å². The number of aromatic nitrogens is 4. The lowest BCUT2D eigenvalue weighted by atomic mass is 9.93. The molecule has 8 heteroatoms. The Morgan fingerprint density at radius 2 is 1.88 bits per heavy atom. The number of hydrogen-bond donors (Lipinski definition) is 1. The first-order valence-electron chi connectivity index (χ1n) is 8.40. The number of ether oxygens (including phenoxy) is 3. The Kier molecular flexibility index (Phi) is 3.41. The summed E-state index contributed by atoms with van der Waals surface area (Å²) in [5.41, 5.74) is 2.24. The molecule has 1 N–H and O–H groups in total. The van der Waals surface area contributed by atoms with Crippen molar-refractivity contribution < 1.29 is 14.2 Å². The Hall–Kier alpha value is -3.29. The maximum absolute atomic E-state index is 5.52. The van der Waals surface area contributed by atoms with Gasteiger partial charge >= 0.3 is 0 Å². The molecule has 3 heterocycles. The van der Waals surface area contributed by atoms with E-state index in [0.29, 0.717) is 5.95 Å². The number of rotatable bonds is 3. The monoisotopic (exact) mass is 351 g/mol. The molecule has 0 saturated heterocycles. The van der Waals surface area contributed by atoms with Crippen molar-refractivity contribution in [2.24, 2.45) is 0 Å². The highest BCUT2D eigenvalue weighted by molar-refractivity contribution is 5.47. The molecule has 2 aliphatic rings. The van der Waals surface area contributed by atoms with Crippen LogP contribution in [0, 0.1) is 0 Å². The maximum Gasteiger partial charge on any atom is 0.243 e. The second kappa shape index (κ2) is 5.91. The molecule has 0 saturated carbocycles. The van der Waals surface area contributed by atoms with E-state index >= 15 is 0 Å². The smallest absolute Gasteiger partial charge is 0.243 e. The minimum Gasteiger partial charge on any atom is -0.497 e. The van der Waals surface area contributed by atoms with Gasteiger partial charge in [-0.2, -0.15) is 0 Å². The van der Waals surface area contributed by atoms with Crippen molar-refractivity contribution in [3.05, 3.63) is 53.6 Å². The van der Waals surface area contributed by atoms with E-state index in [4.69, 9.17) is 14.2 Å². The third kappa shape index (κ3) is 2.42. The van der Waals surface area contributed by atoms with E-state index < -0.39 is 0 Å². The van der Waals surface area contributed by atoms with Gasteiger partial charge in [-0.05, 0) is 52.2 Å². The summed E-state index contributed by atoms with van der Waals surface area (Å²) >= 11 is 0. The normalized spacial score (nSPS) is 20.3. The largest absolute Gasteiger partial charge is 0.497 e. The van der Waals surface area contributed by atoms with E-state index in [1.54, 1.807) is 7.11 Å². The number of hydrogen-bond acceptors (Lipinski definition) is 7. The molecule has 2 atom stereocenters. The molecule has 0 amide bonds. The van der Waals surface area contributed by atoms with Gasteiger partial charge in [0.25, 0.3) is 0 Å². The standard InChI is InChI=1S/C18H17N5O3/c1-24-13-5-2-11(3-6-13)14-9-15(23-18(19-14)20-21-22-23)12-4-7-16-17(8-12)26-10-25-16/h2-8,14-15H,9-10H2,1H3,(H,19,20,22)/t14-,15+/m1/s1. The van der Waals surface area contributed by atoms with Crippen molar-refractivity contribution in [3.8, 4) is 17.2 Å². The summed E-state index contributed by atoms with van der Waals surface area (Å²) < 4.78 is 18.0. The first-order chi connectivity index (χ1) is 12.8. The molecule has 0 aliphatic carbocycles. The van der Waals surface area contributed by atoms with Gasteiger partial charge in [0.05, 0.1) is 19.2 Å². The van der Waals surface area contributed by atoms with E-state index in [-0.39, 0.29) is 18.9 Å². The lowest BCUT2D eigenvalue weighted by molar-refractivity contribution is 0.174. The van der Waals surface area contributed by atoms with Gasteiger partial charge in [-0.3, -0.25) is 0 Å². The zero-order valence-electron chi connectivity index (χ0n) is 14.1. The molecule has 0 radical (unpaired) electrons. The van der Waals surface area contributed by atoms with Crippen LogP contribution in [0.4, 0.5) is 5.95 Å². The number of tetrazole rings is 1. The highest BCUT2D eigenvalue weighted by Gasteiger charge is 2.31. The molecular formula is C18H17N5O3. The molecule has 8 nitrogen and oxygen atoms in total. The minimum absolute atomic E-state index is 0.00264. The molecule has 0 unspecified atom stereocenters. The Morgan fingerprint density at radius 1 is 1.08 bits per heavy atom. The summed E-state index contributed by atoms with van der Waals surface area (Å²) in [5.74, 6) is 3.02. The van der Waals surface area contributed by atoms with E-state index in [2.05, 4.69) is 33.0 Å². The topological polar surface area (TPSA) is 83.3 Å². The van der Waals surface area contributed by atoms with Crippen LogP contribution >= 0.6 is 0 Å². The van der Waals surface area contributed by atoms with Gasteiger partial charge in [0.15, 0.2) is 11.5 Å². The van der Waals surface area contributed by atoms with Crippen LogP contribution in [-0.2, 0) is 0 Å². The number of fused-ring (bicyclic) bond motifs is 2. The van der Waals surface area contributed by atoms with Gasteiger partial charge < -0.3 is 19.5 Å². The van der Waals surface area contributed by atoms with Crippen molar-refractivity contribution in [1.29, 1.82) is 0 Å². The van der Waals surface area contributed by atoms with Crippen molar-refractivity contribution in [3.63, 3.8) is 0 Å². The van der Waals surface area contributed by atoms with E-state index in [1.165, 1.54) is 0 Å². The summed E-state index contributed by atoms with van der Waals surface area (Å²) in [6.07, 6.45) is 0.810. The third-order valence-corrected chi connectivity index (χ3v) is 4.85. The predicted octanol–water partition coefficient (Wildman–Crippen LogP) is 2.56. The van der Waals surface area contributed by atoms with Crippen LogP contribution in [0.2, 0.25) is 0 Å². The van der Waals surface area contributed by atoms with Gasteiger partial charge in [0.1, 0.15) is 5.75 Å². The molecule has 26 heavy (non-hydrogen) atoms. The predicted molar refractivity (Wildman–Crippen MR) is 92.5 cm³/mol. The van der Waals surface area contributed by atoms with Gasteiger partial charge in [0.2, 0.25) is 12.7 Å². The maximum atomic E-state index is 5.52. The van der Waals surface area contributed by atoms with Gasteiger partial charge in [-0.15, -0.1) is 0 Å². The molecule has 3 aromatic rings. The molecule has 1 aromatic heterocycles. The van der Waals surface area contributed by atoms with Crippen molar-refractivity contribution >= 4 is 5.95 Å². The van der Waals surface area contributed by atoms with Gasteiger partial charge in [-0.25, -0.2) is 4.68 Å². The second-order valence-electron chi connectivity index (χ2n) is 6.28. The first kappa shape index (κ1) is 15.0. The second-order valence-corrected chi connectivity index (χ2v) is 6.28. The van der Waals surface area contributed by atoms with Crippen LogP contribution in [0.15, 0.2) is 42.5 Å². The highest BCUT2D eigenvalue weighted by Crippen LogP contribution is 2.41. The number of benzene rings is 2. The van der Waals surface area contributed by atoms with Crippen LogP contribution in [-0.4, -0.2) is 34.1 Å². The molecular weight excluding hydrogens is 334 g/mol.